The van der Waals surface area contributed by atoms with E-state index in [0.717, 1.165) is 15.7 Å². The van der Waals surface area contributed by atoms with Crippen LogP contribution in [0.15, 0.2) is 29.0 Å². The van der Waals surface area contributed by atoms with Crippen LogP contribution in [0, 0.1) is 13.8 Å². The molecule has 0 bridgehead atoms. The zero-order valence-corrected chi connectivity index (χ0v) is 13.0. The molecule has 0 unspecified atom stereocenters. The van der Waals surface area contributed by atoms with E-state index in [1.54, 1.807) is 19.4 Å². The number of anilines is 1. The topological polar surface area (TPSA) is 64.1 Å². The summed E-state index contributed by atoms with van der Waals surface area (Å²) in [5.41, 5.74) is 2.55. The maximum atomic E-state index is 12.1. The highest BCUT2D eigenvalue weighted by molar-refractivity contribution is 9.10. The fourth-order valence-electron chi connectivity index (χ4n) is 1.72. The Labute approximate surface area is 125 Å². The highest BCUT2D eigenvalue weighted by Crippen LogP contribution is 2.32. The lowest BCUT2D eigenvalue weighted by Crippen LogP contribution is -2.15. The molecule has 0 radical (unpaired) electrons. The van der Waals surface area contributed by atoms with Crippen molar-refractivity contribution in [3.8, 4) is 5.75 Å². The molecule has 1 aromatic heterocycles. The van der Waals surface area contributed by atoms with Gasteiger partial charge in [0.15, 0.2) is 0 Å². The fraction of sp³-hybridized carbons (Fsp3) is 0.214. The van der Waals surface area contributed by atoms with Crippen LogP contribution in [-0.2, 0) is 0 Å². The van der Waals surface area contributed by atoms with Crippen LogP contribution in [0.1, 0.15) is 21.7 Å². The highest BCUT2D eigenvalue weighted by Gasteiger charge is 2.14. The van der Waals surface area contributed by atoms with E-state index in [9.17, 15) is 4.79 Å². The van der Waals surface area contributed by atoms with Gasteiger partial charge in [0, 0.05) is 10.7 Å². The van der Waals surface area contributed by atoms with Gasteiger partial charge in [0.25, 0.3) is 5.91 Å². The summed E-state index contributed by atoms with van der Waals surface area (Å²) in [7, 11) is 1.56. The Morgan fingerprint density at radius 2 is 2.00 bits per heavy atom. The largest absolute Gasteiger partial charge is 0.495 e. The number of aromatic nitrogens is 2. The average molecular weight is 336 g/mol. The smallest absolute Gasteiger partial charge is 0.275 e. The maximum Gasteiger partial charge on any atom is 0.275 e. The number of carbonyl (C=O) groups excluding carboxylic acids is 1. The van der Waals surface area contributed by atoms with Gasteiger partial charge in [-0.15, -0.1) is 0 Å². The molecule has 0 saturated heterocycles. The van der Waals surface area contributed by atoms with Crippen molar-refractivity contribution in [2.75, 3.05) is 12.4 Å². The Kier molecular flexibility index (Phi) is 4.34. The van der Waals surface area contributed by atoms with Gasteiger partial charge >= 0.3 is 0 Å². The first-order valence-corrected chi connectivity index (χ1v) is 6.74. The second-order valence-corrected chi connectivity index (χ2v) is 5.21. The first-order chi connectivity index (χ1) is 9.51. The predicted octanol–water partition coefficient (Wildman–Crippen LogP) is 3.12. The molecule has 104 valence electrons. The Bertz CT molecular complexity index is 642. The number of nitrogens with zero attached hydrogens (tertiary/aromatic N) is 2. The first kappa shape index (κ1) is 14.5. The number of nitrogens with one attached hydrogen (secondary N) is 1. The van der Waals surface area contributed by atoms with Crippen molar-refractivity contribution in [2.24, 2.45) is 0 Å². The molecule has 1 heterocycles. The Morgan fingerprint density at radius 1 is 1.25 bits per heavy atom. The molecular weight excluding hydrogens is 322 g/mol. The van der Waals surface area contributed by atoms with Crippen LogP contribution in [0.4, 0.5) is 5.69 Å². The molecule has 1 aromatic carbocycles. The van der Waals surface area contributed by atoms with Crippen LogP contribution in [0.3, 0.4) is 0 Å². The lowest BCUT2D eigenvalue weighted by Gasteiger charge is -2.13. The third-order valence-electron chi connectivity index (χ3n) is 2.74. The number of amides is 1. The van der Waals surface area contributed by atoms with E-state index >= 15 is 0 Å². The van der Waals surface area contributed by atoms with E-state index in [1.807, 2.05) is 19.9 Å². The summed E-state index contributed by atoms with van der Waals surface area (Å²) in [5, 5.41) is 2.81. The van der Waals surface area contributed by atoms with Gasteiger partial charge in [-0.25, -0.2) is 4.98 Å². The van der Waals surface area contributed by atoms with E-state index in [-0.39, 0.29) is 11.6 Å². The van der Waals surface area contributed by atoms with Crippen molar-refractivity contribution in [3.63, 3.8) is 0 Å². The predicted molar refractivity (Wildman–Crippen MR) is 80.2 cm³/mol. The van der Waals surface area contributed by atoms with Crippen LogP contribution in [-0.4, -0.2) is 23.0 Å². The molecule has 0 aliphatic carbocycles. The molecule has 20 heavy (non-hydrogen) atoms. The summed E-state index contributed by atoms with van der Waals surface area (Å²) in [6.45, 7) is 3.71. The van der Waals surface area contributed by atoms with E-state index in [1.165, 1.54) is 6.20 Å². The van der Waals surface area contributed by atoms with Crippen LogP contribution < -0.4 is 10.1 Å². The van der Waals surface area contributed by atoms with Gasteiger partial charge in [-0.3, -0.25) is 9.78 Å². The molecule has 0 saturated carbocycles. The third-order valence-corrected chi connectivity index (χ3v) is 3.19. The summed E-state index contributed by atoms with van der Waals surface area (Å²) < 4.78 is 6.17. The number of hydrogen-bond donors (Lipinski definition) is 1. The SMILES string of the molecule is COc1cc(Br)cc(C)c1NC(=O)c1cnc(C)cn1. The quantitative estimate of drug-likeness (QED) is 0.935. The molecule has 0 fully saturated rings. The average Bonchev–Trinajstić information content (AvgIpc) is 2.42. The van der Waals surface area contributed by atoms with Gasteiger partial charge in [0.1, 0.15) is 11.4 Å². The number of methoxy groups -OCH3 is 1. The first-order valence-electron chi connectivity index (χ1n) is 5.95. The minimum absolute atomic E-state index is 0.264. The van der Waals surface area contributed by atoms with Gasteiger partial charge in [0.05, 0.1) is 24.7 Å². The van der Waals surface area contributed by atoms with Crippen molar-refractivity contribution in [3.05, 3.63) is 46.0 Å². The lowest BCUT2D eigenvalue weighted by atomic mass is 10.2. The lowest BCUT2D eigenvalue weighted by molar-refractivity contribution is 0.102. The zero-order valence-electron chi connectivity index (χ0n) is 11.4. The normalized spacial score (nSPS) is 10.2. The van der Waals surface area contributed by atoms with E-state index in [4.69, 9.17) is 4.74 Å². The van der Waals surface area contributed by atoms with E-state index < -0.39 is 0 Å². The number of carbonyl (C=O) groups is 1. The molecule has 0 aliphatic rings. The van der Waals surface area contributed by atoms with Crippen LogP contribution in [0.2, 0.25) is 0 Å². The third kappa shape index (κ3) is 3.14. The number of halogens is 1. The minimum atomic E-state index is -0.318. The zero-order chi connectivity index (χ0) is 14.7. The maximum absolute atomic E-state index is 12.1. The second-order valence-electron chi connectivity index (χ2n) is 4.30. The molecule has 0 atom stereocenters. The van der Waals surface area contributed by atoms with Crippen molar-refractivity contribution >= 4 is 27.5 Å². The molecule has 0 aliphatic heterocycles. The van der Waals surface area contributed by atoms with Crippen LogP contribution in [0.5, 0.6) is 5.75 Å². The van der Waals surface area contributed by atoms with Crippen molar-refractivity contribution in [1.29, 1.82) is 0 Å². The summed E-state index contributed by atoms with van der Waals surface area (Å²) in [6.07, 6.45) is 3.01. The van der Waals surface area contributed by atoms with Gasteiger partial charge in [-0.1, -0.05) is 15.9 Å². The van der Waals surface area contributed by atoms with Crippen molar-refractivity contribution in [2.45, 2.75) is 13.8 Å². The monoisotopic (exact) mass is 335 g/mol. The Hall–Kier alpha value is -1.95. The van der Waals surface area contributed by atoms with Gasteiger partial charge in [-0.05, 0) is 31.5 Å². The van der Waals surface area contributed by atoms with Gasteiger partial charge in [0.2, 0.25) is 0 Å². The molecule has 1 N–H and O–H groups in total. The fourth-order valence-corrected chi connectivity index (χ4v) is 2.27. The molecule has 2 aromatic rings. The number of ether oxygens (including phenoxy) is 1. The van der Waals surface area contributed by atoms with Crippen LogP contribution >= 0.6 is 15.9 Å². The highest BCUT2D eigenvalue weighted by atomic mass is 79.9. The Balaban J connectivity index is 2.30. The number of benzene rings is 1. The molecule has 6 heteroatoms. The number of aryl methyl sites for hydroxylation is 2. The molecule has 1 amide bonds. The van der Waals surface area contributed by atoms with E-state index in [0.29, 0.717) is 11.4 Å². The number of hydrogen-bond acceptors (Lipinski definition) is 4. The number of rotatable bonds is 3. The summed E-state index contributed by atoms with van der Waals surface area (Å²) in [5.74, 6) is 0.270. The minimum Gasteiger partial charge on any atom is -0.495 e. The van der Waals surface area contributed by atoms with Gasteiger partial charge in [-0.2, -0.15) is 0 Å². The van der Waals surface area contributed by atoms with Gasteiger partial charge < -0.3 is 10.1 Å². The summed E-state index contributed by atoms with van der Waals surface area (Å²) in [6, 6.07) is 3.70. The van der Waals surface area contributed by atoms with Crippen molar-refractivity contribution in [1.82, 2.24) is 9.97 Å². The Morgan fingerprint density at radius 3 is 2.60 bits per heavy atom. The molecule has 2 rings (SSSR count). The van der Waals surface area contributed by atoms with E-state index in [2.05, 4.69) is 31.2 Å². The van der Waals surface area contributed by atoms with Crippen molar-refractivity contribution < 1.29 is 9.53 Å². The standard InChI is InChI=1S/C14H14BrN3O2/c1-8-4-10(15)5-12(20-3)13(8)18-14(19)11-7-16-9(2)6-17-11/h4-7H,1-3H3,(H,18,19). The summed E-state index contributed by atoms with van der Waals surface area (Å²) >= 11 is 3.39. The molecule has 0 spiro atoms. The second kappa shape index (κ2) is 6.00. The van der Waals surface area contributed by atoms with Crippen LogP contribution in [0.25, 0.3) is 0 Å². The molecular formula is C14H14BrN3O2. The summed E-state index contributed by atoms with van der Waals surface area (Å²) in [4.78, 5) is 20.3. The molecule has 5 nitrogen and oxygen atoms in total.